The fourth-order valence-corrected chi connectivity index (χ4v) is 7.46. The Morgan fingerprint density at radius 1 is 0.961 bits per heavy atom. The van der Waals surface area contributed by atoms with Gasteiger partial charge in [0.2, 0.25) is 11.9 Å². The highest BCUT2D eigenvalue weighted by Crippen LogP contribution is 2.48. The molecule has 2 N–H and O–H groups in total. The van der Waals surface area contributed by atoms with E-state index < -0.39 is 22.5 Å². The fourth-order valence-electron chi connectivity index (χ4n) is 6.95. The lowest BCUT2D eigenvalue weighted by molar-refractivity contribution is -0.125. The van der Waals surface area contributed by atoms with E-state index in [0.29, 0.717) is 71.5 Å². The minimum atomic E-state index is -1.33. The van der Waals surface area contributed by atoms with E-state index in [1.165, 1.54) is 11.1 Å². The smallest absolute Gasteiger partial charge is 0.272 e. The molecule has 51 heavy (non-hydrogen) atoms. The number of hydrogen-bond acceptors (Lipinski definition) is 7. The molecule has 0 unspecified atom stereocenters. The molecule has 2 aliphatic carbocycles. The maximum atomic E-state index is 14.4. The van der Waals surface area contributed by atoms with E-state index in [4.69, 9.17) is 23.2 Å². The number of pyridine rings is 1. The van der Waals surface area contributed by atoms with Gasteiger partial charge in [-0.1, -0.05) is 41.4 Å². The highest BCUT2D eigenvalue weighted by molar-refractivity contribution is 6.35. The van der Waals surface area contributed by atoms with Gasteiger partial charge < -0.3 is 15.5 Å². The van der Waals surface area contributed by atoms with E-state index in [1.54, 1.807) is 71.0 Å². The van der Waals surface area contributed by atoms with Crippen molar-refractivity contribution in [2.24, 2.45) is 0 Å². The van der Waals surface area contributed by atoms with Crippen LogP contribution in [0.3, 0.4) is 0 Å². The monoisotopic (exact) mass is 722 g/mol. The van der Waals surface area contributed by atoms with Crippen molar-refractivity contribution in [3.63, 3.8) is 0 Å². The lowest BCUT2D eigenvalue weighted by atomic mass is 9.91. The summed E-state index contributed by atoms with van der Waals surface area (Å²) < 4.78 is 1.60. The number of nitriles is 1. The second-order valence-corrected chi connectivity index (χ2v) is 14.8. The summed E-state index contributed by atoms with van der Waals surface area (Å²) >= 11 is 12.7. The first-order chi connectivity index (χ1) is 24.4. The summed E-state index contributed by atoms with van der Waals surface area (Å²) in [5, 5.41) is 16.0. The molecule has 258 valence electrons. The number of likely N-dealkylation sites (tertiary alicyclic amines) is 1. The van der Waals surface area contributed by atoms with Gasteiger partial charge in [-0.15, -0.1) is 0 Å². The Hall–Kier alpha value is -5.25. The number of rotatable bonds is 9. The molecule has 0 bridgehead atoms. The van der Waals surface area contributed by atoms with Gasteiger partial charge in [0.25, 0.3) is 17.7 Å². The van der Waals surface area contributed by atoms with Crippen LogP contribution in [-0.2, 0) is 27.1 Å². The summed E-state index contributed by atoms with van der Waals surface area (Å²) in [6.45, 7) is 3.15. The van der Waals surface area contributed by atoms with E-state index in [2.05, 4.69) is 26.7 Å². The second kappa shape index (κ2) is 11.9. The van der Waals surface area contributed by atoms with Crippen molar-refractivity contribution < 1.29 is 19.2 Å². The molecular weight excluding hydrogens is 691 g/mol. The van der Waals surface area contributed by atoms with Crippen LogP contribution in [0.2, 0.25) is 10.0 Å². The molecule has 12 nitrogen and oxygen atoms in total. The van der Waals surface area contributed by atoms with Crippen molar-refractivity contribution in [3.05, 3.63) is 105 Å². The number of amides is 4. The van der Waals surface area contributed by atoms with E-state index in [-0.39, 0.29) is 35.8 Å². The molecule has 4 amide bonds. The molecule has 1 saturated heterocycles. The summed E-state index contributed by atoms with van der Waals surface area (Å²) in [4.78, 5) is 67.6. The van der Waals surface area contributed by atoms with Crippen molar-refractivity contribution in [2.45, 2.75) is 62.1 Å². The number of carbonyl (C=O) groups excluding carboxylic acids is 4. The van der Waals surface area contributed by atoms with Gasteiger partial charge in [-0.2, -0.15) is 5.26 Å². The molecule has 4 aliphatic rings. The highest BCUT2D eigenvalue weighted by atomic mass is 35.5. The van der Waals surface area contributed by atoms with Crippen LogP contribution < -0.4 is 15.5 Å². The summed E-state index contributed by atoms with van der Waals surface area (Å²) in [6.07, 6.45) is 4.72. The van der Waals surface area contributed by atoms with Gasteiger partial charge in [0.15, 0.2) is 0 Å². The third kappa shape index (κ3) is 5.61. The standard InChI is InChI=1S/C37H32Cl2N8O4/c1-35(19-22-6-8-23(20-40)9-7-22)33(51)46(26-17-24(38)16-25(39)18-26)34-41-21-28(47(34)35)30(48)43-37(12-13-37)32(50)44-36(10-11-36)29-5-2-4-27(42-29)31(49)45-14-3-15-45/h2,4-9,16-18,21H,3,10-15,19H2,1H3,(H,43,48)(H,44,50)/t35-/m1/s1. The Balaban J connectivity index is 1.07. The normalized spacial score (nSPS) is 20.5. The molecule has 2 aliphatic heterocycles. The Morgan fingerprint density at radius 2 is 1.67 bits per heavy atom. The quantitative estimate of drug-likeness (QED) is 0.246. The van der Waals surface area contributed by atoms with Gasteiger partial charge in [0.1, 0.15) is 22.5 Å². The summed E-state index contributed by atoms with van der Waals surface area (Å²) in [7, 11) is 0. The van der Waals surface area contributed by atoms with Crippen LogP contribution in [0.25, 0.3) is 0 Å². The average Bonchev–Trinajstić information content (AvgIpc) is 3.99. The Morgan fingerprint density at radius 3 is 2.27 bits per heavy atom. The molecule has 4 heterocycles. The largest absolute Gasteiger partial charge is 0.343 e. The molecule has 2 aromatic heterocycles. The molecule has 0 spiro atoms. The van der Waals surface area contributed by atoms with Crippen LogP contribution in [0.1, 0.15) is 76.8 Å². The number of imidazole rings is 1. The van der Waals surface area contributed by atoms with E-state index in [9.17, 15) is 24.4 Å². The SMILES string of the molecule is C[C@@]1(Cc2ccc(C#N)cc2)C(=O)N(c2cc(Cl)cc(Cl)c2)c2ncc(C(=O)NC3(C(=O)NC4(c5cccc(C(=O)N6CCC6)n5)CC4)CC3)n21. The van der Waals surface area contributed by atoms with Crippen LogP contribution in [0, 0.1) is 11.3 Å². The summed E-state index contributed by atoms with van der Waals surface area (Å²) in [6, 6.07) is 19.0. The van der Waals surface area contributed by atoms with Gasteiger partial charge in [-0.3, -0.25) is 23.7 Å². The molecule has 2 saturated carbocycles. The average molecular weight is 724 g/mol. The summed E-state index contributed by atoms with van der Waals surface area (Å²) in [5.41, 5.74) is -0.506. The zero-order valence-electron chi connectivity index (χ0n) is 27.6. The van der Waals surface area contributed by atoms with Crippen molar-refractivity contribution in [2.75, 3.05) is 18.0 Å². The van der Waals surface area contributed by atoms with Crippen LogP contribution >= 0.6 is 23.2 Å². The third-order valence-electron chi connectivity index (χ3n) is 10.3. The third-order valence-corrected chi connectivity index (χ3v) is 10.7. The Bertz CT molecular complexity index is 2160. The zero-order valence-corrected chi connectivity index (χ0v) is 29.1. The lowest BCUT2D eigenvalue weighted by Crippen LogP contribution is -2.52. The second-order valence-electron chi connectivity index (χ2n) is 13.9. The number of anilines is 2. The molecule has 1 atom stereocenters. The van der Waals surface area contributed by atoms with Gasteiger partial charge in [-0.05, 0) is 87.1 Å². The minimum absolute atomic E-state index is 0.101. The first kappa shape index (κ1) is 32.9. The predicted octanol–water partition coefficient (Wildman–Crippen LogP) is 5.01. The van der Waals surface area contributed by atoms with Crippen LogP contribution in [0.4, 0.5) is 11.6 Å². The number of aromatic nitrogens is 3. The topological polar surface area (TPSA) is 153 Å². The number of carbonyl (C=O) groups is 4. The number of halogens is 2. The molecule has 8 rings (SSSR count). The van der Waals surface area contributed by atoms with Crippen molar-refractivity contribution in [1.29, 1.82) is 5.26 Å². The van der Waals surface area contributed by atoms with Crippen molar-refractivity contribution in [1.82, 2.24) is 30.1 Å². The van der Waals surface area contributed by atoms with Crippen LogP contribution in [-0.4, -0.2) is 61.7 Å². The first-order valence-corrected chi connectivity index (χ1v) is 17.5. The molecule has 3 fully saturated rings. The molecule has 4 aromatic rings. The summed E-state index contributed by atoms with van der Waals surface area (Å²) in [5.74, 6) is -1.17. The minimum Gasteiger partial charge on any atom is -0.343 e. The van der Waals surface area contributed by atoms with Crippen molar-refractivity contribution >= 4 is 58.5 Å². The maximum absolute atomic E-state index is 14.4. The number of hydrogen-bond donors (Lipinski definition) is 2. The fraction of sp³-hybridized carbons (Fsp3) is 0.324. The predicted molar refractivity (Wildman–Crippen MR) is 188 cm³/mol. The zero-order chi connectivity index (χ0) is 35.7. The molecule has 0 radical (unpaired) electrons. The molecule has 2 aromatic carbocycles. The molecule has 14 heteroatoms. The van der Waals surface area contributed by atoms with E-state index in [1.807, 2.05) is 6.07 Å². The number of nitrogens with one attached hydrogen (secondary N) is 2. The highest BCUT2D eigenvalue weighted by Gasteiger charge is 2.57. The Kier molecular flexibility index (Phi) is 7.70. The van der Waals surface area contributed by atoms with Gasteiger partial charge >= 0.3 is 0 Å². The van der Waals surface area contributed by atoms with Crippen LogP contribution in [0.5, 0.6) is 0 Å². The number of fused-ring (bicyclic) bond motifs is 1. The first-order valence-electron chi connectivity index (χ1n) is 16.8. The van der Waals surface area contributed by atoms with E-state index in [0.717, 1.165) is 12.0 Å². The Labute approximate surface area is 303 Å². The van der Waals surface area contributed by atoms with Crippen molar-refractivity contribution in [3.8, 4) is 6.07 Å². The van der Waals surface area contributed by atoms with Crippen LogP contribution in [0.15, 0.2) is 66.9 Å². The van der Waals surface area contributed by atoms with Gasteiger partial charge in [0.05, 0.1) is 34.7 Å². The van der Waals surface area contributed by atoms with Gasteiger partial charge in [-0.25, -0.2) is 14.9 Å². The maximum Gasteiger partial charge on any atom is 0.272 e. The van der Waals surface area contributed by atoms with Gasteiger partial charge in [0, 0.05) is 29.6 Å². The molecular formula is C37H32Cl2N8O4. The van der Waals surface area contributed by atoms with E-state index >= 15 is 0 Å². The lowest BCUT2D eigenvalue weighted by Gasteiger charge is -2.30. The number of nitrogens with zero attached hydrogens (tertiary/aromatic N) is 6. The number of benzene rings is 2.